The molecule has 0 amide bonds. The maximum atomic E-state index is 14.1. The first kappa shape index (κ1) is 23.3. The van der Waals surface area contributed by atoms with Crippen LogP contribution in [0.3, 0.4) is 0 Å². The van der Waals surface area contributed by atoms with Crippen LogP contribution < -0.4 is 0 Å². The normalized spacial score (nSPS) is 16.2. The highest BCUT2D eigenvalue weighted by atomic mass is 32.3. The van der Waals surface area contributed by atoms with Crippen molar-refractivity contribution in [2.24, 2.45) is 0 Å². The summed E-state index contributed by atoms with van der Waals surface area (Å²) < 4.78 is 53.8. The Labute approximate surface area is 158 Å². The van der Waals surface area contributed by atoms with E-state index in [0.29, 0.717) is 0 Å². The molecule has 0 saturated carbocycles. The van der Waals surface area contributed by atoms with Crippen molar-refractivity contribution < 1.29 is 21.1 Å². The largest absolute Gasteiger partial charge is 0.371 e. The van der Waals surface area contributed by atoms with Crippen LogP contribution in [0.1, 0.15) is 91.2 Å². The van der Waals surface area contributed by atoms with Crippen LogP contribution in [0.25, 0.3) is 0 Å². The molecule has 0 heterocycles. The van der Waals surface area contributed by atoms with Gasteiger partial charge in [-0.05, 0) is 52.5 Å². The van der Waals surface area contributed by atoms with Crippen molar-refractivity contribution in [1.29, 1.82) is 0 Å². The summed E-state index contributed by atoms with van der Waals surface area (Å²) in [5.74, 6) is 0. The zero-order valence-corrected chi connectivity index (χ0v) is 18.1. The first-order valence-electron chi connectivity index (χ1n) is 9.06. The molecule has 2 atom stereocenters. The Morgan fingerprint density at radius 3 is 1.35 bits per heavy atom. The number of hydrogen-bond donors (Lipinski definition) is 0. The second-order valence-electron chi connectivity index (χ2n) is 8.29. The molecule has 0 saturated heterocycles. The van der Waals surface area contributed by atoms with Gasteiger partial charge in [0.2, 0.25) is 11.2 Å². The fraction of sp³-hybridized carbons (Fsp3) is 0.700. The summed E-state index contributed by atoms with van der Waals surface area (Å²) in [4.78, 5) is -0.549. The second-order valence-corrected chi connectivity index (χ2v) is 9.52. The summed E-state index contributed by atoms with van der Waals surface area (Å²) in [6.45, 7) is 16.7. The van der Waals surface area contributed by atoms with Crippen LogP contribution in [-0.4, -0.2) is 12.2 Å². The second kappa shape index (κ2) is 8.53. The van der Waals surface area contributed by atoms with Crippen molar-refractivity contribution in [3.8, 4) is 0 Å². The average Bonchev–Trinajstić information content (AvgIpc) is 2.42. The highest BCUT2D eigenvalue weighted by Gasteiger charge is 2.36. The highest BCUT2D eigenvalue weighted by Crippen LogP contribution is 2.65. The average molecular weight is 395 g/mol. The molecule has 0 bridgehead atoms. The Morgan fingerprint density at radius 1 is 0.769 bits per heavy atom. The van der Waals surface area contributed by atoms with Crippen LogP contribution in [0, 0.1) is 0 Å². The number of benzene rings is 1. The van der Waals surface area contributed by atoms with Crippen LogP contribution in [0.15, 0.2) is 17.0 Å². The molecule has 0 aliphatic carbocycles. The standard InChI is InChI=1S/C20H33F3O2S/c1-12(2)24-14(5)17-10-16(20(7,8)9)11-18(15(6)25-13(3)4)19(17)26(21,22)23/h10-15H,1-9H3. The molecule has 6 heteroatoms. The van der Waals surface area contributed by atoms with Crippen LogP contribution in [0.4, 0.5) is 11.7 Å². The van der Waals surface area contributed by atoms with E-state index in [4.69, 9.17) is 9.47 Å². The lowest BCUT2D eigenvalue weighted by atomic mass is 9.83. The zero-order valence-electron chi connectivity index (χ0n) is 17.3. The molecule has 0 aliphatic heterocycles. The molecule has 0 fully saturated rings. The topological polar surface area (TPSA) is 18.5 Å². The van der Waals surface area contributed by atoms with E-state index in [1.165, 1.54) is 0 Å². The minimum absolute atomic E-state index is 0.160. The third-order valence-corrected chi connectivity index (χ3v) is 5.01. The first-order chi connectivity index (χ1) is 11.6. The minimum atomic E-state index is -5.45. The van der Waals surface area contributed by atoms with E-state index in [-0.39, 0.29) is 28.7 Å². The molecular weight excluding hydrogens is 361 g/mol. The Morgan fingerprint density at radius 2 is 1.12 bits per heavy atom. The lowest BCUT2D eigenvalue weighted by Gasteiger charge is -2.30. The molecule has 1 rings (SSSR count). The van der Waals surface area contributed by atoms with Crippen LogP contribution in [0.2, 0.25) is 0 Å². The molecule has 2 nitrogen and oxygen atoms in total. The van der Waals surface area contributed by atoms with Crippen molar-refractivity contribution in [1.82, 2.24) is 0 Å². The Bertz CT molecular complexity index is 567. The van der Waals surface area contributed by atoms with Gasteiger partial charge in [0.1, 0.15) is 0 Å². The van der Waals surface area contributed by atoms with E-state index in [2.05, 4.69) is 0 Å². The number of halogens is 3. The van der Waals surface area contributed by atoms with Crippen molar-refractivity contribution in [2.45, 2.75) is 97.0 Å². The lowest BCUT2D eigenvalue weighted by molar-refractivity contribution is 0.0109. The van der Waals surface area contributed by atoms with Crippen LogP contribution >= 0.6 is 11.2 Å². The predicted octanol–water partition coefficient (Wildman–Crippen LogP) is 7.77. The molecule has 0 spiro atoms. The minimum Gasteiger partial charge on any atom is -0.371 e. The van der Waals surface area contributed by atoms with Crippen molar-refractivity contribution in [2.75, 3.05) is 0 Å². The van der Waals surface area contributed by atoms with Gasteiger partial charge in [-0.15, -0.1) is 11.7 Å². The van der Waals surface area contributed by atoms with E-state index in [0.717, 1.165) is 5.56 Å². The molecule has 1 aromatic carbocycles. The molecule has 0 aromatic heterocycles. The van der Waals surface area contributed by atoms with Gasteiger partial charge in [-0.1, -0.05) is 32.9 Å². The molecule has 2 unspecified atom stereocenters. The predicted molar refractivity (Wildman–Crippen MR) is 104 cm³/mol. The third-order valence-electron chi connectivity index (χ3n) is 4.07. The Hall–Kier alpha value is -0.720. The van der Waals surface area contributed by atoms with Crippen molar-refractivity contribution >= 4 is 11.2 Å². The maximum absolute atomic E-state index is 14.1. The molecule has 26 heavy (non-hydrogen) atoms. The number of rotatable bonds is 7. The van der Waals surface area contributed by atoms with Gasteiger partial charge in [-0.25, -0.2) is 0 Å². The molecular formula is C20H33F3O2S. The van der Waals surface area contributed by atoms with Gasteiger partial charge in [0, 0.05) is 11.1 Å². The summed E-state index contributed by atoms with van der Waals surface area (Å²) in [6, 6.07) is 3.32. The molecule has 0 radical (unpaired) electrons. The third kappa shape index (κ3) is 6.17. The Kier molecular flexibility index (Phi) is 7.65. The Balaban J connectivity index is 3.73. The summed E-state index contributed by atoms with van der Waals surface area (Å²) >= 11 is -5.45. The van der Waals surface area contributed by atoms with Gasteiger partial charge in [0.25, 0.3) is 0 Å². The van der Waals surface area contributed by atoms with E-state index >= 15 is 0 Å². The van der Waals surface area contributed by atoms with Gasteiger partial charge in [-0.2, -0.15) is 0 Å². The fourth-order valence-corrected chi connectivity index (χ4v) is 3.93. The molecule has 0 N–H and O–H groups in total. The van der Waals surface area contributed by atoms with Gasteiger partial charge in [0.15, 0.2) is 0 Å². The summed E-state index contributed by atoms with van der Waals surface area (Å²) in [6.07, 6.45) is -1.61. The maximum Gasteiger partial charge on any atom is 0.238 e. The highest BCUT2D eigenvalue weighted by molar-refractivity contribution is 8.21. The number of ether oxygens (including phenoxy) is 2. The van der Waals surface area contributed by atoms with E-state index in [1.807, 2.05) is 48.5 Å². The van der Waals surface area contributed by atoms with E-state index in [9.17, 15) is 11.7 Å². The lowest BCUT2D eigenvalue weighted by Crippen LogP contribution is -2.18. The smallest absolute Gasteiger partial charge is 0.238 e. The molecule has 152 valence electrons. The van der Waals surface area contributed by atoms with Gasteiger partial charge >= 0.3 is 0 Å². The molecule has 0 aliphatic rings. The SMILES string of the molecule is CC(C)OC(C)c1cc(C(C)(C)C)cc(C(C)OC(C)C)c1S(F)(F)F. The van der Waals surface area contributed by atoms with Gasteiger partial charge < -0.3 is 9.47 Å². The van der Waals surface area contributed by atoms with Crippen LogP contribution in [-0.2, 0) is 14.9 Å². The summed E-state index contributed by atoms with van der Waals surface area (Å²) in [5.41, 5.74) is 0.997. The first-order valence-corrected chi connectivity index (χ1v) is 10.4. The summed E-state index contributed by atoms with van der Waals surface area (Å²) in [5, 5.41) is 0. The monoisotopic (exact) mass is 394 g/mol. The van der Waals surface area contributed by atoms with Gasteiger partial charge in [-0.3, -0.25) is 0 Å². The van der Waals surface area contributed by atoms with Crippen molar-refractivity contribution in [3.63, 3.8) is 0 Å². The van der Waals surface area contributed by atoms with E-state index < -0.39 is 28.3 Å². The summed E-state index contributed by atoms with van der Waals surface area (Å²) in [7, 11) is 0. The van der Waals surface area contributed by atoms with Crippen molar-refractivity contribution in [3.05, 3.63) is 28.8 Å². The van der Waals surface area contributed by atoms with Gasteiger partial charge in [0.05, 0.1) is 29.3 Å². The molecule has 1 aromatic rings. The van der Waals surface area contributed by atoms with E-state index in [1.54, 1.807) is 26.0 Å². The fourth-order valence-electron chi connectivity index (χ4n) is 2.94. The zero-order chi connectivity index (χ0) is 20.4. The number of hydrogen-bond acceptors (Lipinski definition) is 2. The quantitative estimate of drug-likeness (QED) is 0.470. The van der Waals surface area contributed by atoms with Crippen LogP contribution in [0.5, 0.6) is 0 Å².